The number of nitrogens with one attached hydrogen (secondary N) is 1. The number of hydrogen-bond donors (Lipinski definition) is 3. The number of alkyl halides is 3. The van der Waals surface area contributed by atoms with Crippen LogP contribution in [0.1, 0.15) is 12.8 Å². The Morgan fingerprint density at radius 3 is 2.21 bits per heavy atom. The summed E-state index contributed by atoms with van der Waals surface area (Å²) in [5, 5.41) is 19.4. The van der Waals surface area contributed by atoms with Crippen molar-refractivity contribution in [1.82, 2.24) is 10.2 Å². The lowest BCUT2D eigenvalue weighted by molar-refractivity contribution is -0.183. The fourth-order valence-corrected chi connectivity index (χ4v) is 1.84. The molecule has 0 unspecified atom stereocenters. The van der Waals surface area contributed by atoms with E-state index in [0.717, 1.165) is 4.90 Å². The van der Waals surface area contributed by atoms with Gasteiger partial charge in [0.25, 0.3) is 0 Å². The number of carboxylic acids is 1. The first-order chi connectivity index (χ1) is 8.75. The van der Waals surface area contributed by atoms with Gasteiger partial charge in [-0.15, -0.1) is 0 Å². The molecule has 6 nitrogen and oxygen atoms in total. The third-order valence-corrected chi connectivity index (χ3v) is 3.02. The Balaban J connectivity index is 2.47. The second-order valence-corrected chi connectivity index (χ2v) is 4.33. The monoisotopic (exact) mass is 284 g/mol. The van der Waals surface area contributed by atoms with Crippen molar-refractivity contribution in [3.63, 3.8) is 0 Å². The van der Waals surface area contributed by atoms with Crippen LogP contribution in [0.2, 0.25) is 0 Å². The fourth-order valence-electron chi connectivity index (χ4n) is 1.84. The number of aliphatic carboxylic acids is 1. The Labute approximate surface area is 107 Å². The summed E-state index contributed by atoms with van der Waals surface area (Å²) in [4.78, 5) is 23.3. The molecule has 0 aromatic heterocycles. The van der Waals surface area contributed by atoms with Gasteiger partial charge in [-0.1, -0.05) is 0 Å². The summed E-state index contributed by atoms with van der Waals surface area (Å²) in [5.41, 5.74) is 0. The molecule has 0 saturated carbocycles. The van der Waals surface area contributed by atoms with E-state index in [0.29, 0.717) is 0 Å². The van der Waals surface area contributed by atoms with Crippen LogP contribution in [0.4, 0.5) is 18.0 Å². The molecule has 0 bridgehead atoms. The normalized spacial score (nSPS) is 19.1. The number of carbonyl (C=O) groups is 2. The van der Waals surface area contributed by atoms with E-state index in [1.165, 1.54) is 0 Å². The summed E-state index contributed by atoms with van der Waals surface area (Å²) in [7, 11) is 0. The van der Waals surface area contributed by atoms with Gasteiger partial charge in [-0.3, -0.25) is 0 Å². The quantitative estimate of drug-likeness (QED) is 0.700. The molecule has 0 aliphatic carbocycles. The molecule has 1 atom stereocenters. The van der Waals surface area contributed by atoms with Crippen molar-refractivity contribution in [3.05, 3.63) is 0 Å². The third-order valence-electron chi connectivity index (χ3n) is 3.02. The summed E-state index contributed by atoms with van der Waals surface area (Å²) >= 11 is 0. The van der Waals surface area contributed by atoms with E-state index in [-0.39, 0.29) is 25.9 Å². The Morgan fingerprint density at radius 1 is 1.32 bits per heavy atom. The number of rotatable bonds is 3. The highest BCUT2D eigenvalue weighted by atomic mass is 19.4. The molecule has 0 radical (unpaired) electrons. The largest absolute Gasteiger partial charge is 0.480 e. The number of nitrogens with zero attached hydrogens (tertiary/aromatic N) is 1. The summed E-state index contributed by atoms with van der Waals surface area (Å²) in [6, 6.07) is -2.23. The molecule has 2 amide bonds. The summed E-state index contributed by atoms with van der Waals surface area (Å²) in [6.07, 6.45) is -4.67. The minimum absolute atomic E-state index is 0.0895. The van der Waals surface area contributed by atoms with Crippen LogP contribution < -0.4 is 5.32 Å². The number of urea groups is 1. The van der Waals surface area contributed by atoms with Crippen LogP contribution in [-0.4, -0.2) is 59.0 Å². The number of piperidine rings is 1. The van der Waals surface area contributed by atoms with Crippen molar-refractivity contribution in [3.8, 4) is 0 Å². The first-order valence-electron chi connectivity index (χ1n) is 5.71. The minimum atomic E-state index is -4.27. The second-order valence-electron chi connectivity index (χ2n) is 4.33. The maximum Gasteiger partial charge on any atom is 0.391 e. The van der Waals surface area contributed by atoms with Gasteiger partial charge < -0.3 is 20.4 Å². The van der Waals surface area contributed by atoms with E-state index in [4.69, 9.17) is 10.2 Å². The Hall–Kier alpha value is -1.51. The van der Waals surface area contributed by atoms with Crippen LogP contribution in [0.3, 0.4) is 0 Å². The predicted octanol–water partition coefficient (Wildman–Crippen LogP) is 0.416. The predicted molar refractivity (Wildman–Crippen MR) is 57.4 cm³/mol. The van der Waals surface area contributed by atoms with Crippen LogP contribution in [0, 0.1) is 5.92 Å². The molecule has 0 aromatic carbocycles. The first-order valence-corrected chi connectivity index (χ1v) is 5.71. The van der Waals surface area contributed by atoms with Crippen molar-refractivity contribution in [1.29, 1.82) is 0 Å². The molecule has 0 aromatic rings. The van der Waals surface area contributed by atoms with E-state index >= 15 is 0 Å². The number of carboxylic acid groups (broad SMARTS) is 1. The number of amides is 2. The maximum atomic E-state index is 12.4. The van der Waals surface area contributed by atoms with Gasteiger partial charge in [-0.2, -0.15) is 13.2 Å². The van der Waals surface area contributed by atoms with Gasteiger partial charge in [0.05, 0.1) is 12.5 Å². The molecule has 19 heavy (non-hydrogen) atoms. The average molecular weight is 284 g/mol. The van der Waals surface area contributed by atoms with Crippen LogP contribution >= 0.6 is 0 Å². The average Bonchev–Trinajstić information content (AvgIpc) is 2.34. The Morgan fingerprint density at radius 2 is 1.84 bits per heavy atom. The van der Waals surface area contributed by atoms with E-state index < -0.39 is 36.7 Å². The van der Waals surface area contributed by atoms with Crippen LogP contribution in [0.15, 0.2) is 0 Å². The van der Waals surface area contributed by atoms with Crippen LogP contribution in [-0.2, 0) is 4.79 Å². The topological polar surface area (TPSA) is 89.9 Å². The minimum Gasteiger partial charge on any atom is -0.480 e. The Bertz CT molecular complexity index is 340. The third kappa shape index (κ3) is 4.27. The highest BCUT2D eigenvalue weighted by molar-refractivity contribution is 5.82. The lowest BCUT2D eigenvalue weighted by Crippen LogP contribution is -2.52. The number of aliphatic hydroxyl groups excluding tert-OH is 1. The smallest absolute Gasteiger partial charge is 0.391 e. The standard InChI is InChI=1S/C10H15F3N2O4/c11-10(12,13)6-1-3-15(4-2-6)9(19)14-7(5-16)8(17)18/h6-7,16H,1-5H2,(H,14,19)(H,17,18)/t7-/m1/s1. The second kappa shape index (κ2) is 6.09. The fraction of sp³-hybridized carbons (Fsp3) is 0.800. The molecule has 9 heteroatoms. The van der Waals surface area contributed by atoms with Gasteiger partial charge in [-0.25, -0.2) is 9.59 Å². The summed E-state index contributed by atoms with van der Waals surface area (Å²) in [6.45, 7) is -0.957. The van der Waals surface area contributed by atoms with Crippen molar-refractivity contribution in [2.45, 2.75) is 25.1 Å². The van der Waals surface area contributed by atoms with Crippen molar-refractivity contribution < 1.29 is 33.0 Å². The first kappa shape index (κ1) is 15.5. The SMILES string of the molecule is O=C(O)[C@@H](CO)NC(=O)N1CCC(C(F)(F)F)CC1. The summed E-state index contributed by atoms with van der Waals surface area (Å²) < 4.78 is 37.2. The molecule has 1 fully saturated rings. The number of halogens is 3. The molecule has 1 saturated heterocycles. The molecular weight excluding hydrogens is 269 g/mol. The maximum absolute atomic E-state index is 12.4. The zero-order valence-corrected chi connectivity index (χ0v) is 9.98. The van der Waals surface area contributed by atoms with E-state index in [1.807, 2.05) is 5.32 Å². The number of carbonyl (C=O) groups excluding carboxylic acids is 1. The lowest BCUT2D eigenvalue weighted by Gasteiger charge is -2.33. The number of aliphatic hydroxyl groups is 1. The van der Waals surface area contributed by atoms with Crippen LogP contribution in [0.25, 0.3) is 0 Å². The Kier molecular flexibility index (Phi) is 4.98. The molecule has 3 N–H and O–H groups in total. The van der Waals surface area contributed by atoms with Crippen molar-refractivity contribution in [2.24, 2.45) is 5.92 Å². The molecule has 1 rings (SSSR count). The van der Waals surface area contributed by atoms with Crippen molar-refractivity contribution >= 4 is 12.0 Å². The molecule has 0 spiro atoms. The van der Waals surface area contributed by atoms with E-state index in [1.54, 1.807) is 0 Å². The molecule has 1 aliphatic heterocycles. The molecule has 110 valence electrons. The van der Waals surface area contributed by atoms with Crippen LogP contribution in [0.5, 0.6) is 0 Å². The summed E-state index contributed by atoms with van der Waals surface area (Å²) in [5.74, 6) is -2.83. The van der Waals surface area contributed by atoms with Gasteiger partial charge in [-0.05, 0) is 12.8 Å². The van der Waals surface area contributed by atoms with Gasteiger partial charge >= 0.3 is 18.2 Å². The zero-order valence-electron chi connectivity index (χ0n) is 9.98. The van der Waals surface area contributed by atoms with E-state index in [9.17, 15) is 22.8 Å². The zero-order chi connectivity index (χ0) is 14.6. The highest BCUT2D eigenvalue weighted by Gasteiger charge is 2.41. The van der Waals surface area contributed by atoms with Gasteiger partial charge in [0.1, 0.15) is 0 Å². The molecular formula is C10H15F3N2O4. The lowest BCUT2D eigenvalue weighted by atomic mass is 9.96. The molecule has 1 heterocycles. The number of hydrogen-bond acceptors (Lipinski definition) is 3. The van der Waals surface area contributed by atoms with Gasteiger partial charge in [0.15, 0.2) is 6.04 Å². The van der Waals surface area contributed by atoms with Gasteiger partial charge in [0, 0.05) is 13.1 Å². The highest BCUT2D eigenvalue weighted by Crippen LogP contribution is 2.33. The van der Waals surface area contributed by atoms with Crippen molar-refractivity contribution in [2.75, 3.05) is 19.7 Å². The molecule has 1 aliphatic rings. The van der Waals surface area contributed by atoms with Gasteiger partial charge in [0.2, 0.25) is 0 Å². The number of likely N-dealkylation sites (tertiary alicyclic amines) is 1. The van der Waals surface area contributed by atoms with E-state index in [2.05, 4.69) is 0 Å².